The standard InChI is InChI=1S/C6H5BrN2O3.C5H2BrClN2O2.CH4O.CH3O.Na/c1-12-6-5(7)2-4(3-8-6)9(10)11;6-4-1-3(9(10)11)2-8-5(4)7;2*1-2;/h2-3H,1H3;1-2H;2H,1H3;1H3;/q;;;-1;+1. The first-order valence-corrected chi connectivity index (χ1v) is 8.37. The number of methoxy groups -OCH3 is 1. The van der Waals surface area contributed by atoms with E-state index in [-0.39, 0.29) is 46.1 Å². The Morgan fingerprint density at radius 3 is 1.71 bits per heavy atom. The summed E-state index contributed by atoms with van der Waals surface area (Å²) >= 11 is 11.6. The van der Waals surface area contributed by atoms with Crippen molar-refractivity contribution in [1.82, 2.24) is 9.97 Å². The number of nitrogens with zero attached hydrogens (tertiary/aromatic N) is 4. The van der Waals surface area contributed by atoms with Gasteiger partial charge in [0.1, 0.15) is 17.5 Å². The Balaban J connectivity index is -0.000000368. The van der Waals surface area contributed by atoms with Gasteiger partial charge in [-0.3, -0.25) is 20.2 Å². The van der Waals surface area contributed by atoms with Crippen molar-refractivity contribution in [2.75, 3.05) is 21.3 Å². The predicted octanol–water partition coefficient (Wildman–Crippen LogP) is -0.244. The van der Waals surface area contributed by atoms with Gasteiger partial charge in [0.25, 0.3) is 11.4 Å². The molecule has 0 spiro atoms. The van der Waals surface area contributed by atoms with Crippen LogP contribution in [0.15, 0.2) is 33.5 Å². The van der Waals surface area contributed by atoms with Crippen LogP contribution in [-0.4, -0.2) is 46.3 Å². The molecule has 0 aliphatic heterocycles. The van der Waals surface area contributed by atoms with Gasteiger partial charge in [-0.15, -0.1) is 0 Å². The van der Waals surface area contributed by atoms with Crippen LogP contribution in [0.5, 0.6) is 5.88 Å². The predicted molar refractivity (Wildman–Crippen MR) is 103 cm³/mol. The molecule has 0 aromatic carbocycles. The first kappa shape index (κ1) is 31.8. The van der Waals surface area contributed by atoms with E-state index in [9.17, 15) is 20.2 Å². The van der Waals surface area contributed by atoms with Gasteiger partial charge in [0, 0.05) is 19.2 Å². The van der Waals surface area contributed by atoms with E-state index < -0.39 is 9.85 Å². The molecule has 2 aromatic heterocycles. The van der Waals surface area contributed by atoms with Gasteiger partial charge in [-0.2, -0.15) is 7.11 Å². The zero-order chi connectivity index (χ0) is 21.6. The molecule has 0 radical (unpaired) electrons. The minimum Gasteiger partial charge on any atom is -0.857 e. The van der Waals surface area contributed by atoms with Crippen molar-refractivity contribution in [1.29, 1.82) is 0 Å². The zero-order valence-corrected chi connectivity index (χ0v) is 21.1. The summed E-state index contributed by atoms with van der Waals surface area (Å²) in [6.07, 6.45) is 2.25. The third-order valence-electron chi connectivity index (χ3n) is 2.19. The third-order valence-corrected chi connectivity index (χ3v) is 3.89. The molecule has 150 valence electrons. The molecule has 15 heteroatoms. The van der Waals surface area contributed by atoms with E-state index in [0.717, 1.165) is 26.6 Å². The molecule has 28 heavy (non-hydrogen) atoms. The summed E-state index contributed by atoms with van der Waals surface area (Å²) in [5, 5.41) is 35.9. The van der Waals surface area contributed by atoms with Crippen LogP contribution in [0.25, 0.3) is 0 Å². The van der Waals surface area contributed by atoms with Crippen LogP contribution in [0.1, 0.15) is 0 Å². The van der Waals surface area contributed by atoms with Gasteiger partial charge in [-0.25, -0.2) is 9.97 Å². The molecule has 0 atom stereocenters. The second-order valence-corrected chi connectivity index (χ2v) is 5.73. The molecule has 0 saturated carbocycles. The molecule has 0 amide bonds. The second-order valence-electron chi connectivity index (χ2n) is 3.66. The Labute approximate surface area is 203 Å². The largest absolute Gasteiger partial charge is 1.00 e. The van der Waals surface area contributed by atoms with Crippen LogP contribution in [0.4, 0.5) is 11.4 Å². The number of halogens is 3. The van der Waals surface area contributed by atoms with Crippen molar-refractivity contribution in [2.24, 2.45) is 0 Å². The number of aliphatic hydroxyl groups is 1. The monoisotopic (exact) mass is 554 g/mol. The summed E-state index contributed by atoms with van der Waals surface area (Å²) in [5.41, 5.74) is -0.149. The molecule has 2 aromatic rings. The molecular formula is C13H14Br2ClN4NaO7. The fourth-order valence-corrected chi connectivity index (χ4v) is 2.12. The molecule has 0 saturated heterocycles. The van der Waals surface area contributed by atoms with Gasteiger partial charge in [0.15, 0.2) is 0 Å². The first-order chi connectivity index (χ1) is 12.8. The Morgan fingerprint density at radius 2 is 1.39 bits per heavy atom. The van der Waals surface area contributed by atoms with Gasteiger partial charge in [-0.05, 0) is 31.9 Å². The topological polar surface area (TPSA) is 165 Å². The van der Waals surface area contributed by atoms with Crippen LogP contribution in [0, 0.1) is 20.2 Å². The second kappa shape index (κ2) is 18.1. The van der Waals surface area contributed by atoms with Crippen LogP contribution >= 0.6 is 43.5 Å². The summed E-state index contributed by atoms with van der Waals surface area (Å²) in [7, 11) is 3.19. The molecule has 11 nitrogen and oxygen atoms in total. The van der Waals surface area contributed by atoms with E-state index in [1.54, 1.807) is 0 Å². The number of nitro groups is 2. The van der Waals surface area contributed by atoms with Crippen molar-refractivity contribution in [3.63, 3.8) is 0 Å². The average molecular weight is 557 g/mol. The van der Waals surface area contributed by atoms with Gasteiger partial charge >= 0.3 is 29.6 Å². The van der Waals surface area contributed by atoms with Gasteiger partial charge in [0.2, 0.25) is 5.88 Å². The van der Waals surface area contributed by atoms with E-state index in [1.807, 2.05) is 0 Å². The minimum atomic E-state index is -0.534. The average Bonchev–Trinajstić information content (AvgIpc) is 2.67. The maximum absolute atomic E-state index is 10.3. The number of rotatable bonds is 3. The number of ether oxygens (including phenoxy) is 1. The Hall–Kier alpha value is -0.930. The quantitative estimate of drug-likeness (QED) is 0.232. The van der Waals surface area contributed by atoms with Crippen LogP contribution in [0.3, 0.4) is 0 Å². The molecule has 0 aliphatic carbocycles. The fourth-order valence-electron chi connectivity index (χ4n) is 1.18. The normalized spacial score (nSPS) is 8.29. The van der Waals surface area contributed by atoms with E-state index >= 15 is 0 Å². The Kier molecular flexibility index (Phi) is 20.6. The minimum absolute atomic E-state index is 0. The van der Waals surface area contributed by atoms with Crippen molar-refractivity contribution in [3.05, 3.63) is 58.9 Å². The van der Waals surface area contributed by atoms with Crippen molar-refractivity contribution in [3.8, 4) is 5.88 Å². The third kappa shape index (κ3) is 11.8. The number of hydrogen-bond acceptors (Lipinski definition) is 9. The molecule has 2 rings (SSSR count). The van der Waals surface area contributed by atoms with Crippen molar-refractivity contribution < 1.29 is 54.4 Å². The van der Waals surface area contributed by atoms with Gasteiger partial charge < -0.3 is 14.9 Å². The van der Waals surface area contributed by atoms with Crippen LogP contribution in [-0.2, 0) is 0 Å². The first-order valence-electron chi connectivity index (χ1n) is 6.41. The molecule has 2 heterocycles. The zero-order valence-electron chi connectivity index (χ0n) is 15.1. The van der Waals surface area contributed by atoms with Crippen LogP contribution in [0.2, 0.25) is 5.15 Å². The SMILES string of the molecule is CO.COc1ncc([N+](=O)[O-])cc1Br.C[O-].O=[N+]([O-])c1cnc(Cl)c(Br)c1.[Na+]. The summed E-state index contributed by atoms with van der Waals surface area (Å²) < 4.78 is 5.70. The number of aliphatic hydroxyl groups excluding tert-OH is 1. The molecular weight excluding hydrogens is 542 g/mol. The molecule has 1 N–H and O–H groups in total. The summed E-state index contributed by atoms with van der Waals surface area (Å²) in [6, 6.07) is 2.64. The van der Waals surface area contributed by atoms with E-state index in [0.29, 0.717) is 14.8 Å². The van der Waals surface area contributed by atoms with Crippen LogP contribution < -0.4 is 39.4 Å². The molecule has 0 bridgehead atoms. The Bertz CT molecular complexity index is 759. The maximum atomic E-state index is 10.3. The van der Waals surface area contributed by atoms with Gasteiger partial charge in [0.05, 0.1) is 25.9 Å². The van der Waals surface area contributed by atoms with Crippen molar-refractivity contribution >= 4 is 54.8 Å². The number of aromatic nitrogens is 2. The molecule has 0 unspecified atom stereocenters. The van der Waals surface area contributed by atoms with Crippen molar-refractivity contribution in [2.45, 2.75) is 0 Å². The Morgan fingerprint density at radius 1 is 1.00 bits per heavy atom. The molecule has 0 fully saturated rings. The summed E-state index contributed by atoms with van der Waals surface area (Å²) in [5.74, 6) is 0.334. The smallest absolute Gasteiger partial charge is 0.857 e. The van der Waals surface area contributed by atoms with Gasteiger partial charge in [-0.1, -0.05) is 11.6 Å². The fraction of sp³-hybridized carbons (Fsp3) is 0.231. The number of pyridine rings is 2. The summed E-state index contributed by atoms with van der Waals surface area (Å²) in [4.78, 5) is 26.7. The number of hydrogen-bond donors (Lipinski definition) is 1. The maximum Gasteiger partial charge on any atom is 1.00 e. The molecule has 0 aliphatic rings. The van der Waals surface area contributed by atoms with E-state index in [2.05, 4.69) is 41.8 Å². The summed E-state index contributed by atoms with van der Waals surface area (Å²) in [6.45, 7) is 0. The van der Waals surface area contributed by atoms with E-state index in [1.165, 1.54) is 19.2 Å². The van der Waals surface area contributed by atoms with E-state index in [4.69, 9.17) is 26.6 Å².